The fourth-order valence-corrected chi connectivity index (χ4v) is 5.18. The Kier molecular flexibility index (Phi) is 7.64. The van der Waals surface area contributed by atoms with Crippen molar-refractivity contribution in [2.45, 2.75) is 82.7 Å². The zero-order valence-corrected chi connectivity index (χ0v) is 21.8. The lowest BCUT2D eigenvalue weighted by Crippen LogP contribution is -2.63. The van der Waals surface area contributed by atoms with Crippen LogP contribution in [0.15, 0.2) is 45.6 Å². The fourth-order valence-electron chi connectivity index (χ4n) is 5.18. The molecule has 2 fully saturated rings. The third kappa shape index (κ3) is 5.38. The highest BCUT2D eigenvalue weighted by molar-refractivity contribution is 5.88. The molecule has 1 saturated heterocycles. The van der Waals surface area contributed by atoms with Crippen LogP contribution in [0.3, 0.4) is 0 Å². The molecule has 208 valence electrons. The lowest BCUT2D eigenvalue weighted by molar-refractivity contribution is -0.267. The molecule has 5 unspecified atom stereocenters. The summed E-state index contributed by atoms with van der Waals surface area (Å²) in [6.45, 7) is 3.44. The van der Waals surface area contributed by atoms with E-state index in [0.29, 0.717) is 5.56 Å². The van der Waals surface area contributed by atoms with E-state index in [1.165, 1.54) is 19.1 Å². The number of phenolic OH excluding ortho intramolecular Hbond substituents is 1. The van der Waals surface area contributed by atoms with Crippen LogP contribution >= 0.6 is 0 Å². The number of aromatic hydroxyl groups is 1. The average molecular weight is 540 g/mol. The minimum atomic E-state index is -1.73. The Balaban J connectivity index is 1.44. The molecule has 5 rings (SSSR count). The monoisotopic (exact) mass is 539 g/mol. The normalized spacial score (nSPS) is 25.9. The van der Waals surface area contributed by atoms with Gasteiger partial charge in [0.15, 0.2) is 11.5 Å². The van der Waals surface area contributed by atoms with Crippen LogP contribution in [0.25, 0.3) is 22.3 Å². The molecule has 0 spiro atoms. The molecule has 5 N–H and O–H groups in total. The molecule has 5 atom stereocenters. The standard InChI is InChI=1S/C29H33NO9/c1-14-8-10-16(11-9-14)20-12-18(31)22-21(37-20)13-19(15(2)23(22)32)38-29-26(35)24(33)25(34)27(39-29)28(36)30-17-6-4-3-5-7-17/h8-13,17,24-27,29,32-35H,3-7H2,1-2H3,(H,30,36). The summed E-state index contributed by atoms with van der Waals surface area (Å²) in [4.78, 5) is 25.8. The highest BCUT2D eigenvalue weighted by Crippen LogP contribution is 2.37. The molecular formula is C29H33NO9. The van der Waals surface area contributed by atoms with Gasteiger partial charge in [-0.15, -0.1) is 0 Å². The molecule has 0 bridgehead atoms. The minimum absolute atomic E-state index is 0.00304. The van der Waals surface area contributed by atoms with E-state index in [1.807, 2.05) is 31.2 Å². The molecule has 10 heteroatoms. The van der Waals surface area contributed by atoms with Crippen LogP contribution in [0.5, 0.6) is 11.5 Å². The molecule has 1 aliphatic heterocycles. The van der Waals surface area contributed by atoms with Gasteiger partial charge in [-0.25, -0.2) is 0 Å². The van der Waals surface area contributed by atoms with E-state index < -0.39 is 42.0 Å². The fraction of sp³-hybridized carbons (Fsp3) is 0.448. The van der Waals surface area contributed by atoms with Gasteiger partial charge in [0.1, 0.15) is 46.5 Å². The number of nitrogens with one attached hydrogen (secondary N) is 1. The first kappa shape index (κ1) is 27.1. The Morgan fingerprint density at radius 3 is 2.36 bits per heavy atom. The predicted octanol–water partition coefficient (Wildman–Crippen LogP) is 2.42. The summed E-state index contributed by atoms with van der Waals surface area (Å²) < 4.78 is 17.4. The summed E-state index contributed by atoms with van der Waals surface area (Å²) in [6.07, 6.45) is -3.48. The van der Waals surface area contributed by atoms with Crippen LogP contribution in [-0.4, -0.2) is 63.1 Å². The van der Waals surface area contributed by atoms with Crippen molar-refractivity contribution in [3.63, 3.8) is 0 Å². The largest absolute Gasteiger partial charge is 0.507 e. The van der Waals surface area contributed by atoms with Gasteiger partial charge in [-0.05, 0) is 26.7 Å². The number of phenols is 1. The molecule has 0 radical (unpaired) electrons. The average Bonchev–Trinajstić information content (AvgIpc) is 2.92. The molecule has 1 amide bonds. The van der Waals surface area contributed by atoms with E-state index >= 15 is 0 Å². The van der Waals surface area contributed by atoms with Crippen molar-refractivity contribution in [1.82, 2.24) is 5.32 Å². The Bertz CT molecular complexity index is 1410. The van der Waals surface area contributed by atoms with Gasteiger partial charge in [0.25, 0.3) is 5.91 Å². The van der Waals surface area contributed by atoms with Gasteiger partial charge < -0.3 is 39.6 Å². The molecule has 2 heterocycles. The molecule has 39 heavy (non-hydrogen) atoms. The molecule has 1 saturated carbocycles. The first-order chi connectivity index (χ1) is 18.6. The second kappa shape index (κ2) is 11.0. The smallest absolute Gasteiger partial charge is 0.252 e. The molecule has 1 aromatic heterocycles. The number of hydrogen-bond donors (Lipinski definition) is 5. The number of aryl methyl sites for hydroxylation is 1. The second-order valence-corrected chi connectivity index (χ2v) is 10.4. The van der Waals surface area contributed by atoms with Crippen molar-refractivity contribution in [2.75, 3.05) is 0 Å². The van der Waals surface area contributed by atoms with E-state index in [9.17, 15) is 30.0 Å². The minimum Gasteiger partial charge on any atom is -0.507 e. The number of aliphatic hydroxyl groups excluding tert-OH is 3. The maximum atomic E-state index is 12.9. The lowest BCUT2D eigenvalue weighted by Gasteiger charge is -2.40. The van der Waals surface area contributed by atoms with Crippen molar-refractivity contribution in [2.24, 2.45) is 0 Å². The highest BCUT2D eigenvalue weighted by Gasteiger charge is 2.48. The quantitative estimate of drug-likeness (QED) is 0.328. The van der Waals surface area contributed by atoms with Crippen molar-refractivity contribution in [1.29, 1.82) is 0 Å². The van der Waals surface area contributed by atoms with Crippen molar-refractivity contribution in [3.05, 3.63) is 57.7 Å². The van der Waals surface area contributed by atoms with Gasteiger partial charge >= 0.3 is 0 Å². The lowest BCUT2D eigenvalue weighted by atomic mass is 9.94. The Hall–Kier alpha value is -3.44. The van der Waals surface area contributed by atoms with Crippen molar-refractivity contribution < 1.29 is 39.1 Å². The van der Waals surface area contributed by atoms with Crippen LogP contribution in [0.4, 0.5) is 0 Å². The zero-order valence-electron chi connectivity index (χ0n) is 21.8. The summed E-state index contributed by atoms with van der Waals surface area (Å²) in [5.41, 5.74) is 1.45. The highest BCUT2D eigenvalue weighted by atomic mass is 16.7. The number of benzene rings is 2. The van der Waals surface area contributed by atoms with Crippen LogP contribution < -0.4 is 15.5 Å². The van der Waals surface area contributed by atoms with Crippen LogP contribution in [-0.2, 0) is 9.53 Å². The van der Waals surface area contributed by atoms with E-state index in [4.69, 9.17) is 13.9 Å². The number of hydrogen-bond acceptors (Lipinski definition) is 9. The molecule has 10 nitrogen and oxygen atoms in total. The molecule has 2 aromatic carbocycles. The summed E-state index contributed by atoms with van der Waals surface area (Å²) in [7, 11) is 0. The van der Waals surface area contributed by atoms with Gasteiger partial charge in [-0.2, -0.15) is 0 Å². The first-order valence-corrected chi connectivity index (χ1v) is 13.2. The molecular weight excluding hydrogens is 506 g/mol. The van der Waals surface area contributed by atoms with E-state index in [1.54, 1.807) is 0 Å². The van der Waals surface area contributed by atoms with Crippen molar-refractivity contribution in [3.8, 4) is 22.8 Å². The number of ether oxygens (including phenoxy) is 2. The molecule has 3 aromatic rings. The third-order valence-corrected chi connectivity index (χ3v) is 7.56. The number of rotatable bonds is 5. The SMILES string of the molecule is Cc1ccc(-c2cc(=O)c3c(O)c(C)c(OC4OC(C(=O)NC5CCCCC5)C(O)C(O)C4O)cc3o2)cc1. The number of fused-ring (bicyclic) bond motifs is 1. The van der Waals surface area contributed by atoms with E-state index in [-0.39, 0.29) is 39.8 Å². The summed E-state index contributed by atoms with van der Waals surface area (Å²) in [6, 6.07) is 9.99. The summed E-state index contributed by atoms with van der Waals surface area (Å²) in [5, 5.41) is 45.2. The topological polar surface area (TPSA) is 159 Å². The van der Waals surface area contributed by atoms with Crippen molar-refractivity contribution >= 4 is 16.9 Å². The Morgan fingerprint density at radius 2 is 1.67 bits per heavy atom. The zero-order chi connectivity index (χ0) is 27.8. The van der Waals surface area contributed by atoms with Gasteiger partial charge in [-0.3, -0.25) is 9.59 Å². The number of aliphatic hydroxyl groups is 3. The van der Waals surface area contributed by atoms with E-state index in [0.717, 1.165) is 37.7 Å². The van der Waals surface area contributed by atoms with Gasteiger partial charge in [0, 0.05) is 29.3 Å². The van der Waals surface area contributed by atoms with Gasteiger partial charge in [-0.1, -0.05) is 49.1 Å². The molecule has 1 aliphatic carbocycles. The number of carbonyl (C=O) groups is 1. The Labute approximate surface area is 224 Å². The van der Waals surface area contributed by atoms with Crippen LogP contribution in [0.2, 0.25) is 0 Å². The Morgan fingerprint density at radius 1 is 0.974 bits per heavy atom. The maximum absolute atomic E-state index is 12.9. The first-order valence-electron chi connectivity index (χ1n) is 13.2. The summed E-state index contributed by atoms with van der Waals surface area (Å²) in [5.74, 6) is -0.693. The summed E-state index contributed by atoms with van der Waals surface area (Å²) >= 11 is 0. The second-order valence-electron chi connectivity index (χ2n) is 10.4. The molecule has 2 aliphatic rings. The number of carbonyl (C=O) groups excluding carboxylic acids is 1. The van der Waals surface area contributed by atoms with Crippen LogP contribution in [0.1, 0.15) is 43.2 Å². The van der Waals surface area contributed by atoms with Crippen LogP contribution in [0, 0.1) is 13.8 Å². The number of amides is 1. The maximum Gasteiger partial charge on any atom is 0.252 e. The van der Waals surface area contributed by atoms with Gasteiger partial charge in [0.05, 0.1) is 0 Å². The van der Waals surface area contributed by atoms with Gasteiger partial charge in [0.2, 0.25) is 6.29 Å². The third-order valence-electron chi connectivity index (χ3n) is 7.56. The predicted molar refractivity (Wildman–Crippen MR) is 141 cm³/mol. The van der Waals surface area contributed by atoms with E-state index in [2.05, 4.69) is 5.32 Å².